The van der Waals surface area contributed by atoms with Crippen LogP contribution < -0.4 is 19.5 Å². The molecular formula is C22H18N2O4S2. The predicted octanol–water partition coefficient (Wildman–Crippen LogP) is 6.08. The average molecular weight is 439 g/mol. The minimum absolute atomic E-state index is 0.494. The van der Waals surface area contributed by atoms with Gasteiger partial charge in [0.2, 0.25) is 0 Å². The Balaban J connectivity index is 1.51. The van der Waals surface area contributed by atoms with Crippen LogP contribution in [0, 0.1) is 0 Å². The van der Waals surface area contributed by atoms with E-state index in [1.165, 1.54) is 11.3 Å². The van der Waals surface area contributed by atoms with E-state index in [1.807, 2.05) is 48.5 Å². The fourth-order valence-electron chi connectivity index (χ4n) is 2.81. The number of nitrogens with one attached hydrogen (secondary N) is 1. The summed E-state index contributed by atoms with van der Waals surface area (Å²) in [4.78, 5) is 17.5. The van der Waals surface area contributed by atoms with Crippen molar-refractivity contribution in [3.8, 4) is 17.2 Å². The van der Waals surface area contributed by atoms with E-state index in [9.17, 15) is 4.79 Å². The smallest absolute Gasteiger partial charge is 0.417 e. The minimum atomic E-state index is -0.522. The highest BCUT2D eigenvalue weighted by Crippen LogP contribution is 2.41. The van der Waals surface area contributed by atoms with Gasteiger partial charge in [0.05, 0.1) is 28.9 Å². The van der Waals surface area contributed by atoms with Gasteiger partial charge >= 0.3 is 6.09 Å². The quantitative estimate of drug-likeness (QED) is 0.394. The monoisotopic (exact) mass is 438 g/mol. The third-order valence-corrected chi connectivity index (χ3v) is 6.39. The Bertz CT molecular complexity index is 1180. The molecule has 0 aliphatic carbocycles. The van der Waals surface area contributed by atoms with E-state index in [1.54, 1.807) is 44.3 Å². The van der Waals surface area contributed by atoms with Gasteiger partial charge in [-0.2, -0.15) is 0 Å². The molecule has 8 heteroatoms. The second-order valence-electron chi connectivity index (χ2n) is 6.08. The summed E-state index contributed by atoms with van der Waals surface area (Å²) in [7, 11) is 3.21. The topological polar surface area (TPSA) is 69.7 Å². The number of nitrogens with zero attached hydrogens (tertiary/aromatic N) is 1. The largest absolute Gasteiger partial charge is 0.493 e. The number of para-hydroxylation sites is 1. The molecule has 0 unspecified atom stereocenters. The highest BCUT2D eigenvalue weighted by Gasteiger charge is 2.13. The van der Waals surface area contributed by atoms with E-state index < -0.39 is 6.09 Å². The van der Waals surface area contributed by atoms with Crippen LogP contribution in [0.25, 0.3) is 10.9 Å². The summed E-state index contributed by atoms with van der Waals surface area (Å²) < 4.78 is 17.1. The van der Waals surface area contributed by atoms with Crippen molar-refractivity contribution in [2.45, 2.75) is 9.10 Å². The number of amides is 1. The highest BCUT2D eigenvalue weighted by atomic mass is 32.2. The molecule has 0 bridgehead atoms. The standard InChI is InChI=1S/C22H18N2O4S2/c1-26-17-12-15-16(13-18(17)27-2)23-11-10-19(15)29-21-9-8-20(30-21)24-22(25)28-14-6-4-3-5-7-14/h3-13H,1-2H3,(H,24,25). The number of methoxy groups -OCH3 is 2. The fourth-order valence-corrected chi connectivity index (χ4v) is 4.89. The van der Waals surface area contributed by atoms with Crippen molar-refractivity contribution in [1.82, 2.24) is 4.98 Å². The van der Waals surface area contributed by atoms with Crippen LogP contribution in [0.2, 0.25) is 0 Å². The number of pyridine rings is 1. The zero-order valence-corrected chi connectivity index (χ0v) is 17.9. The van der Waals surface area contributed by atoms with Crippen LogP contribution in [0.1, 0.15) is 0 Å². The maximum atomic E-state index is 12.1. The molecule has 1 N–H and O–H groups in total. The number of rotatable bonds is 6. The molecule has 2 aromatic carbocycles. The molecular weight excluding hydrogens is 420 g/mol. The third-order valence-electron chi connectivity index (χ3n) is 4.18. The molecule has 2 heterocycles. The van der Waals surface area contributed by atoms with Crippen LogP contribution in [0.5, 0.6) is 17.2 Å². The number of fused-ring (bicyclic) bond motifs is 1. The first kappa shape index (κ1) is 20.1. The highest BCUT2D eigenvalue weighted by molar-refractivity contribution is 8.01. The number of carbonyl (C=O) groups excluding carboxylic acids is 1. The van der Waals surface area contributed by atoms with Crippen molar-refractivity contribution in [2.75, 3.05) is 19.5 Å². The first-order chi connectivity index (χ1) is 14.7. The molecule has 0 radical (unpaired) electrons. The molecule has 152 valence electrons. The molecule has 0 saturated carbocycles. The average Bonchev–Trinajstić information content (AvgIpc) is 3.20. The number of ether oxygens (including phenoxy) is 3. The van der Waals surface area contributed by atoms with Gasteiger partial charge in [0.15, 0.2) is 11.5 Å². The second-order valence-corrected chi connectivity index (χ2v) is 8.51. The van der Waals surface area contributed by atoms with Crippen molar-refractivity contribution >= 4 is 45.1 Å². The van der Waals surface area contributed by atoms with Crippen molar-refractivity contribution in [1.29, 1.82) is 0 Å². The van der Waals surface area contributed by atoms with Gasteiger partial charge in [-0.05, 0) is 36.4 Å². The number of anilines is 1. The van der Waals surface area contributed by atoms with E-state index in [0.29, 0.717) is 22.2 Å². The van der Waals surface area contributed by atoms with Crippen molar-refractivity contribution in [2.24, 2.45) is 0 Å². The molecule has 1 amide bonds. The van der Waals surface area contributed by atoms with Crippen LogP contribution in [0.4, 0.5) is 9.80 Å². The van der Waals surface area contributed by atoms with E-state index in [2.05, 4.69) is 10.3 Å². The number of hydrogen-bond acceptors (Lipinski definition) is 7. The van der Waals surface area contributed by atoms with Gasteiger partial charge in [-0.3, -0.25) is 10.3 Å². The molecule has 0 fully saturated rings. The summed E-state index contributed by atoms with van der Waals surface area (Å²) in [5, 5.41) is 4.43. The molecule has 0 saturated heterocycles. The SMILES string of the molecule is COc1cc2nccc(Sc3ccc(NC(=O)Oc4ccccc4)s3)c2cc1OC. The molecule has 4 rings (SSSR count). The van der Waals surface area contributed by atoms with Crippen LogP contribution in [0.15, 0.2) is 76.0 Å². The maximum absolute atomic E-state index is 12.1. The molecule has 0 aliphatic heterocycles. The Morgan fingerprint density at radius 3 is 2.53 bits per heavy atom. The van der Waals surface area contributed by atoms with Crippen molar-refractivity contribution in [3.63, 3.8) is 0 Å². The lowest BCUT2D eigenvalue weighted by Crippen LogP contribution is -2.15. The van der Waals surface area contributed by atoms with E-state index >= 15 is 0 Å². The first-order valence-electron chi connectivity index (χ1n) is 8.98. The summed E-state index contributed by atoms with van der Waals surface area (Å²) in [6, 6.07) is 18.5. The number of carbonyl (C=O) groups is 1. The van der Waals surface area contributed by atoms with Gasteiger partial charge in [-0.15, -0.1) is 11.3 Å². The van der Waals surface area contributed by atoms with E-state index in [-0.39, 0.29) is 0 Å². The lowest BCUT2D eigenvalue weighted by atomic mass is 10.2. The zero-order valence-electron chi connectivity index (χ0n) is 16.2. The third kappa shape index (κ3) is 4.50. The molecule has 2 aromatic heterocycles. The zero-order chi connectivity index (χ0) is 20.9. The van der Waals surface area contributed by atoms with Gasteiger partial charge < -0.3 is 14.2 Å². The number of hydrogen-bond donors (Lipinski definition) is 1. The van der Waals surface area contributed by atoms with Gasteiger partial charge in [0.25, 0.3) is 0 Å². The molecule has 0 spiro atoms. The second kappa shape index (κ2) is 9.06. The molecule has 30 heavy (non-hydrogen) atoms. The van der Waals surface area contributed by atoms with Crippen molar-refractivity contribution in [3.05, 3.63) is 66.9 Å². The Kier molecular flexibility index (Phi) is 6.06. The number of thiophene rings is 1. The first-order valence-corrected chi connectivity index (χ1v) is 10.6. The molecule has 4 aromatic rings. The van der Waals surface area contributed by atoms with Crippen LogP contribution in [-0.4, -0.2) is 25.3 Å². The Hall–Kier alpha value is -3.23. The van der Waals surface area contributed by atoms with Gasteiger partial charge in [-0.25, -0.2) is 4.79 Å². The fraction of sp³-hybridized carbons (Fsp3) is 0.0909. The lowest BCUT2D eigenvalue weighted by Gasteiger charge is -2.10. The Labute approximate surface area is 181 Å². The van der Waals surface area contributed by atoms with E-state index in [0.717, 1.165) is 20.0 Å². The van der Waals surface area contributed by atoms with Crippen LogP contribution in [0.3, 0.4) is 0 Å². The number of benzene rings is 2. The van der Waals surface area contributed by atoms with Gasteiger partial charge in [0, 0.05) is 22.5 Å². The van der Waals surface area contributed by atoms with Crippen LogP contribution >= 0.6 is 23.1 Å². The summed E-state index contributed by atoms with van der Waals surface area (Å²) >= 11 is 3.06. The van der Waals surface area contributed by atoms with Crippen LogP contribution in [-0.2, 0) is 0 Å². The summed E-state index contributed by atoms with van der Waals surface area (Å²) in [5.74, 6) is 1.78. The molecule has 0 atom stereocenters. The molecule has 0 aliphatic rings. The van der Waals surface area contributed by atoms with E-state index in [4.69, 9.17) is 14.2 Å². The maximum Gasteiger partial charge on any atom is 0.417 e. The Morgan fingerprint density at radius 1 is 1.00 bits per heavy atom. The Morgan fingerprint density at radius 2 is 1.77 bits per heavy atom. The van der Waals surface area contributed by atoms with Crippen molar-refractivity contribution < 1.29 is 19.0 Å². The number of aromatic nitrogens is 1. The predicted molar refractivity (Wildman–Crippen MR) is 119 cm³/mol. The lowest BCUT2D eigenvalue weighted by molar-refractivity contribution is 0.215. The van der Waals surface area contributed by atoms with Gasteiger partial charge in [-0.1, -0.05) is 30.0 Å². The summed E-state index contributed by atoms with van der Waals surface area (Å²) in [6.45, 7) is 0. The molecule has 6 nitrogen and oxygen atoms in total. The summed E-state index contributed by atoms with van der Waals surface area (Å²) in [5.41, 5.74) is 0.819. The normalized spacial score (nSPS) is 10.6. The minimum Gasteiger partial charge on any atom is -0.493 e. The van der Waals surface area contributed by atoms with Gasteiger partial charge in [0.1, 0.15) is 5.75 Å². The summed E-state index contributed by atoms with van der Waals surface area (Å²) in [6.07, 6.45) is 1.24.